The van der Waals surface area contributed by atoms with Gasteiger partial charge in [-0.2, -0.15) is 0 Å². The molecule has 0 bridgehead atoms. The monoisotopic (exact) mass is 329 g/mol. The lowest BCUT2D eigenvalue weighted by atomic mass is 9.77. The molecule has 1 aromatic carbocycles. The van der Waals surface area contributed by atoms with E-state index in [1.807, 2.05) is 12.4 Å². The summed E-state index contributed by atoms with van der Waals surface area (Å²) in [5, 5.41) is 12.4. The number of para-hydroxylation sites is 2. The Morgan fingerprint density at radius 1 is 1.46 bits per heavy atom. The van der Waals surface area contributed by atoms with Crippen molar-refractivity contribution < 1.29 is 9.90 Å². The highest BCUT2D eigenvalue weighted by molar-refractivity contribution is 5.75. The van der Waals surface area contributed by atoms with Crippen LogP contribution in [-0.4, -0.2) is 33.7 Å². The Bertz CT molecular complexity index is 682. The van der Waals surface area contributed by atoms with Gasteiger partial charge in [0.05, 0.1) is 17.4 Å². The van der Waals surface area contributed by atoms with E-state index in [2.05, 4.69) is 40.0 Å². The van der Waals surface area contributed by atoms with E-state index in [-0.39, 0.29) is 6.42 Å². The van der Waals surface area contributed by atoms with Crippen molar-refractivity contribution in [3.63, 3.8) is 0 Å². The molecule has 1 aromatic heterocycles. The molecule has 24 heavy (non-hydrogen) atoms. The van der Waals surface area contributed by atoms with Crippen molar-refractivity contribution in [3.8, 4) is 0 Å². The van der Waals surface area contributed by atoms with Gasteiger partial charge in [-0.05, 0) is 62.7 Å². The highest BCUT2D eigenvalue weighted by Gasteiger charge is 2.32. The van der Waals surface area contributed by atoms with Crippen LogP contribution < -0.4 is 5.32 Å². The number of hydrogen-bond acceptors (Lipinski definition) is 3. The molecule has 0 aliphatic carbocycles. The van der Waals surface area contributed by atoms with Crippen LogP contribution in [0.5, 0.6) is 0 Å². The predicted molar refractivity (Wildman–Crippen MR) is 95.0 cm³/mol. The Hall–Kier alpha value is -1.88. The lowest BCUT2D eigenvalue weighted by Gasteiger charge is -2.38. The highest BCUT2D eigenvalue weighted by atomic mass is 16.4. The van der Waals surface area contributed by atoms with E-state index in [1.165, 1.54) is 5.52 Å². The summed E-state index contributed by atoms with van der Waals surface area (Å²) in [5.74, 6) is 0.412. The van der Waals surface area contributed by atoms with Crippen molar-refractivity contribution in [1.29, 1.82) is 0 Å². The van der Waals surface area contributed by atoms with Crippen LogP contribution in [0.15, 0.2) is 30.6 Å². The fourth-order valence-electron chi connectivity index (χ4n) is 4.23. The number of hydrogen-bond donors (Lipinski definition) is 2. The predicted octanol–water partition coefficient (Wildman–Crippen LogP) is 3.47. The topological polar surface area (TPSA) is 67.2 Å². The Kier molecular flexibility index (Phi) is 5.51. The third-order valence-corrected chi connectivity index (χ3v) is 5.38. The number of imidazole rings is 1. The molecule has 1 aliphatic rings. The second-order valence-corrected chi connectivity index (χ2v) is 6.82. The second kappa shape index (κ2) is 7.79. The summed E-state index contributed by atoms with van der Waals surface area (Å²) < 4.78 is 2.34. The zero-order valence-corrected chi connectivity index (χ0v) is 14.3. The number of fused-ring (bicyclic) bond motifs is 1. The van der Waals surface area contributed by atoms with Crippen LogP contribution in [0.25, 0.3) is 11.0 Å². The Morgan fingerprint density at radius 3 is 3.08 bits per heavy atom. The molecule has 5 heteroatoms. The van der Waals surface area contributed by atoms with Crippen molar-refractivity contribution in [3.05, 3.63) is 30.6 Å². The number of nitrogens with zero attached hydrogens (tertiary/aromatic N) is 2. The molecule has 2 heterocycles. The number of nitrogens with one attached hydrogen (secondary N) is 1. The molecular weight excluding hydrogens is 302 g/mol. The molecule has 5 nitrogen and oxygen atoms in total. The average molecular weight is 329 g/mol. The molecule has 2 aromatic rings. The molecular formula is C19H27N3O2. The van der Waals surface area contributed by atoms with E-state index in [4.69, 9.17) is 5.11 Å². The molecule has 3 rings (SSSR count). The first-order chi connectivity index (χ1) is 11.7. The standard InChI is InChI=1S/C19H27N3O2/c1-2-17(22-13-21-16-7-3-4-8-18(16)22)15-10-11-20-12-14(15)6-5-9-19(23)24/h3-4,7-8,13-15,17,20H,2,5-6,9-12H2,1H3,(H,23,24). The number of carboxylic acid groups (broad SMARTS) is 1. The third-order valence-electron chi connectivity index (χ3n) is 5.38. The molecule has 0 radical (unpaired) electrons. The fourth-order valence-corrected chi connectivity index (χ4v) is 4.23. The van der Waals surface area contributed by atoms with Gasteiger partial charge in [0.2, 0.25) is 0 Å². The van der Waals surface area contributed by atoms with Crippen molar-refractivity contribution in [2.45, 2.75) is 45.1 Å². The largest absolute Gasteiger partial charge is 0.481 e. The lowest BCUT2D eigenvalue weighted by molar-refractivity contribution is -0.137. The molecule has 0 spiro atoms. The minimum absolute atomic E-state index is 0.272. The van der Waals surface area contributed by atoms with Crippen LogP contribution in [0.4, 0.5) is 0 Å². The van der Waals surface area contributed by atoms with Crippen LogP contribution in [0, 0.1) is 11.8 Å². The zero-order valence-electron chi connectivity index (χ0n) is 14.3. The van der Waals surface area contributed by atoms with E-state index in [1.54, 1.807) is 0 Å². The first kappa shape index (κ1) is 17.0. The van der Waals surface area contributed by atoms with Crippen LogP contribution in [0.3, 0.4) is 0 Å². The van der Waals surface area contributed by atoms with Crippen LogP contribution in [0.1, 0.15) is 45.1 Å². The van der Waals surface area contributed by atoms with Gasteiger partial charge in [-0.3, -0.25) is 4.79 Å². The van der Waals surface area contributed by atoms with Gasteiger partial charge in [-0.25, -0.2) is 4.98 Å². The number of rotatable bonds is 7. The summed E-state index contributed by atoms with van der Waals surface area (Å²) in [6.45, 7) is 4.28. The number of piperidine rings is 1. The molecule has 3 atom stereocenters. The number of carboxylic acids is 1. The van der Waals surface area contributed by atoms with Crippen LogP contribution in [-0.2, 0) is 4.79 Å². The summed E-state index contributed by atoms with van der Waals surface area (Å²) in [5.41, 5.74) is 2.25. The SMILES string of the molecule is CCC(C1CCNCC1CCCC(=O)O)n1cnc2ccccc21. The molecule has 0 amide bonds. The van der Waals surface area contributed by atoms with E-state index in [0.29, 0.717) is 17.9 Å². The number of aliphatic carboxylic acids is 1. The fraction of sp³-hybridized carbons (Fsp3) is 0.579. The molecule has 130 valence electrons. The maximum Gasteiger partial charge on any atom is 0.303 e. The van der Waals surface area contributed by atoms with Gasteiger partial charge in [-0.15, -0.1) is 0 Å². The lowest BCUT2D eigenvalue weighted by Crippen LogP contribution is -2.40. The van der Waals surface area contributed by atoms with Crippen LogP contribution >= 0.6 is 0 Å². The van der Waals surface area contributed by atoms with Crippen molar-refractivity contribution >= 4 is 17.0 Å². The average Bonchev–Trinajstić information content (AvgIpc) is 3.01. The Balaban J connectivity index is 1.80. The Labute approximate surface area is 143 Å². The number of benzene rings is 1. The van der Waals surface area contributed by atoms with Gasteiger partial charge in [-0.1, -0.05) is 19.1 Å². The molecule has 2 N–H and O–H groups in total. The van der Waals surface area contributed by atoms with Crippen molar-refractivity contribution in [1.82, 2.24) is 14.9 Å². The zero-order chi connectivity index (χ0) is 16.9. The van der Waals surface area contributed by atoms with Gasteiger partial charge in [0.25, 0.3) is 0 Å². The maximum atomic E-state index is 10.8. The minimum Gasteiger partial charge on any atom is -0.481 e. The summed E-state index contributed by atoms with van der Waals surface area (Å²) in [6, 6.07) is 8.73. The first-order valence-electron chi connectivity index (χ1n) is 9.04. The summed E-state index contributed by atoms with van der Waals surface area (Å²) in [6.07, 6.45) is 6.21. The first-order valence-corrected chi connectivity index (χ1v) is 9.04. The molecule has 1 aliphatic heterocycles. The molecule has 1 fully saturated rings. The van der Waals surface area contributed by atoms with Gasteiger partial charge < -0.3 is 15.0 Å². The van der Waals surface area contributed by atoms with Crippen LogP contribution in [0.2, 0.25) is 0 Å². The summed E-state index contributed by atoms with van der Waals surface area (Å²) in [7, 11) is 0. The number of carbonyl (C=O) groups is 1. The maximum absolute atomic E-state index is 10.8. The molecule has 0 saturated carbocycles. The Morgan fingerprint density at radius 2 is 2.29 bits per heavy atom. The summed E-state index contributed by atoms with van der Waals surface area (Å²) >= 11 is 0. The van der Waals surface area contributed by atoms with Gasteiger partial charge in [0, 0.05) is 12.5 Å². The number of aromatic nitrogens is 2. The van der Waals surface area contributed by atoms with E-state index < -0.39 is 5.97 Å². The summed E-state index contributed by atoms with van der Waals surface area (Å²) in [4.78, 5) is 15.4. The third kappa shape index (κ3) is 3.61. The second-order valence-electron chi connectivity index (χ2n) is 6.82. The van der Waals surface area contributed by atoms with Crippen molar-refractivity contribution in [2.75, 3.05) is 13.1 Å². The van der Waals surface area contributed by atoms with E-state index >= 15 is 0 Å². The smallest absolute Gasteiger partial charge is 0.303 e. The van der Waals surface area contributed by atoms with Gasteiger partial charge >= 0.3 is 5.97 Å². The van der Waals surface area contributed by atoms with E-state index in [0.717, 1.165) is 44.3 Å². The van der Waals surface area contributed by atoms with Gasteiger partial charge in [0.15, 0.2) is 0 Å². The van der Waals surface area contributed by atoms with Gasteiger partial charge in [0.1, 0.15) is 0 Å². The molecule has 1 saturated heterocycles. The van der Waals surface area contributed by atoms with Crippen molar-refractivity contribution in [2.24, 2.45) is 11.8 Å². The quantitative estimate of drug-likeness (QED) is 0.816. The molecule has 3 unspecified atom stereocenters. The normalized spacial score (nSPS) is 22.5. The minimum atomic E-state index is -0.692. The van der Waals surface area contributed by atoms with E-state index in [9.17, 15) is 4.79 Å². The highest BCUT2D eigenvalue weighted by Crippen LogP contribution is 2.37.